The zero-order chi connectivity index (χ0) is 18.5. The summed E-state index contributed by atoms with van der Waals surface area (Å²) < 4.78 is 7.22. The van der Waals surface area contributed by atoms with E-state index in [4.69, 9.17) is 4.74 Å². The van der Waals surface area contributed by atoms with Gasteiger partial charge in [0.15, 0.2) is 0 Å². The van der Waals surface area contributed by atoms with Gasteiger partial charge in [-0.3, -0.25) is 4.99 Å². The number of aryl methyl sites for hydroxylation is 3. The number of rotatable bonds is 8. The van der Waals surface area contributed by atoms with E-state index in [1.165, 1.54) is 34.8 Å². The van der Waals surface area contributed by atoms with Gasteiger partial charge in [-0.15, -0.1) is 11.3 Å². The van der Waals surface area contributed by atoms with E-state index < -0.39 is 0 Å². The molecule has 1 aliphatic heterocycles. The lowest BCUT2D eigenvalue weighted by Gasteiger charge is -2.24. The lowest BCUT2D eigenvalue weighted by molar-refractivity contribution is 0.312. The average Bonchev–Trinajstić information content (AvgIpc) is 3.09. The zero-order valence-electron chi connectivity index (χ0n) is 16.3. The van der Waals surface area contributed by atoms with Crippen molar-refractivity contribution in [2.24, 2.45) is 4.99 Å². The number of hydrogen-bond donors (Lipinski definition) is 1. The molecule has 3 rings (SSSR count). The lowest BCUT2D eigenvalue weighted by atomic mass is 10.0. The fraction of sp³-hybridized carbons (Fsp3) is 0.476. The van der Waals surface area contributed by atoms with Gasteiger partial charge in [-0.05, 0) is 54.8 Å². The zero-order valence-corrected chi connectivity index (χ0v) is 17.1. The lowest BCUT2D eigenvalue weighted by Crippen LogP contribution is -2.42. The fourth-order valence-corrected chi connectivity index (χ4v) is 4.15. The highest BCUT2D eigenvalue weighted by Crippen LogP contribution is 2.25. The first-order valence-corrected chi connectivity index (χ1v) is 10.3. The highest BCUT2D eigenvalue weighted by Gasteiger charge is 2.11. The van der Waals surface area contributed by atoms with Gasteiger partial charge in [0, 0.05) is 7.05 Å². The molecule has 4 nitrogen and oxygen atoms in total. The monoisotopic (exact) mass is 371 g/mol. The van der Waals surface area contributed by atoms with E-state index in [1.54, 1.807) is 11.3 Å². The van der Waals surface area contributed by atoms with Crippen LogP contribution >= 0.6 is 11.3 Å². The molecule has 0 aliphatic carbocycles. The molecule has 0 radical (unpaired) electrons. The molecule has 0 atom stereocenters. The summed E-state index contributed by atoms with van der Waals surface area (Å²) in [5.41, 5.74) is 3.88. The highest BCUT2D eigenvalue weighted by atomic mass is 32.1. The summed E-state index contributed by atoms with van der Waals surface area (Å²) in [6.45, 7) is 8.64. The second-order valence-electron chi connectivity index (χ2n) is 6.92. The van der Waals surface area contributed by atoms with Crippen LogP contribution in [0.15, 0.2) is 28.6 Å². The van der Waals surface area contributed by atoms with Crippen molar-refractivity contribution in [2.45, 2.75) is 40.0 Å². The van der Waals surface area contributed by atoms with Crippen LogP contribution in [-0.2, 0) is 6.42 Å². The fourth-order valence-electron chi connectivity index (χ4n) is 3.40. The molecule has 2 aromatic rings. The average molecular weight is 372 g/mol. The molecule has 1 aromatic carbocycles. The minimum Gasteiger partial charge on any atom is -0.491 e. The molecule has 2 heterocycles. The van der Waals surface area contributed by atoms with Crippen LogP contribution in [0.25, 0.3) is 5.82 Å². The first-order valence-electron chi connectivity index (χ1n) is 9.40. The number of hydrogen-bond acceptors (Lipinski definition) is 5. The number of nitrogens with zero attached hydrogens (tertiary/aromatic N) is 2. The minimum atomic E-state index is 0.643. The van der Waals surface area contributed by atoms with E-state index in [2.05, 4.69) is 66.6 Å². The van der Waals surface area contributed by atoms with Crippen molar-refractivity contribution in [3.8, 4) is 5.75 Å². The van der Waals surface area contributed by atoms with E-state index >= 15 is 0 Å². The second-order valence-corrected chi connectivity index (χ2v) is 7.82. The van der Waals surface area contributed by atoms with Crippen molar-refractivity contribution in [2.75, 3.05) is 26.9 Å². The van der Waals surface area contributed by atoms with Gasteiger partial charge in [0.25, 0.3) is 0 Å². The normalized spacial score (nSPS) is 13.4. The van der Waals surface area contributed by atoms with Crippen LogP contribution in [0.5, 0.6) is 5.75 Å². The molecule has 26 heavy (non-hydrogen) atoms. The number of benzene rings is 1. The number of nitrogens with one attached hydrogen (secondary N) is 1. The summed E-state index contributed by atoms with van der Waals surface area (Å²) in [6, 6.07) is 6.67. The largest absolute Gasteiger partial charge is 0.491 e. The molecule has 0 fully saturated rings. The van der Waals surface area contributed by atoms with Crippen molar-refractivity contribution in [3.05, 3.63) is 50.2 Å². The third kappa shape index (κ3) is 4.21. The molecule has 1 aromatic heterocycles. The maximum Gasteiger partial charge on any atom is 0.125 e. The highest BCUT2D eigenvalue weighted by molar-refractivity contribution is 7.07. The smallest absolute Gasteiger partial charge is 0.125 e. The van der Waals surface area contributed by atoms with Crippen LogP contribution in [-0.4, -0.2) is 31.8 Å². The molecule has 0 spiro atoms. The standard InChI is InChI=1S/C21H29N3OS/c1-5-6-7-17-12-15(2)19(16(3)13-17)25-10-9-22-20-18-8-11-26-21(18)23-14-24(20)4/h8,11-13,22H,5-7,9-10,14H2,1-4H3. The Hall–Kier alpha value is -2.01. The molecule has 0 bridgehead atoms. The third-order valence-corrected chi connectivity index (χ3v) is 5.53. The number of unbranched alkanes of at least 4 members (excludes halogenated alkanes) is 1. The summed E-state index contributed by atoms with van der Waals surface area (Å²) in [7, 11) is 2.07. The van der Waals surface area contributed by atoms with Crippen molar-refractivity contribution in [1.29, 1.82) is 0 Å². The topological polar surface area (TPSA) is 36.9 Å². The number of ether oxygens (including phenoxy) is 1. The Morgan fingerprint density at radius 2 is 2.04 bits per heavy atom. The van der Waals surface area contributed by atoms with E-state index in [0.29, 0.717) is 13.3 Å². The number of thiophene rings is 1. The quantitative estimate of drug-likeness (QED) is 0.725. The SMILES string of the molecule is CCCCc1cc(C)c(OCCNC2=c3ccsc3=NCN2C)c(C)c1. The maximum atomic E-state index is 6.11. The summed E-state index contributed by atoms with van der Waals surface area (Å²) in [6.07, 6.45) is 3.62. The van der Waals surface area contributed by atoms with Crippen LogP contribution in [0.2, 0.25) is 0 Å². The molecule has 5 heteroatoms. The van der Waals surface area contributed by atoms with E-state index in [-0.39, 0.29) is 0 Å². The Labute approximate surface area is 160 Å². The molecule has 0 saturated heterocycles. The summed E-state index contributed by atoms with van der Waals surface area (Å²) in [5, 5.41) is 6.81. The Balaban J connectivity index is 1.61. The van der Waals surface area contributed by atoms with Crippen molar-refractivity contribution >= 4 is 17.2 Å². The summed E-state index contributed by atoms with van der Waals surface area (Å²) in [4.78, 5) is 6.71. The van der Waals surface area contributed by atoms with E-state index in [1.807, 2.05) is 0 Å². The molecular formula is C21H29N3OS. The Morgan fingerprint density at radius 3 is 2.77 bits per heavy atom. The van der Waals surface area contributed by atoms with Crippen LogP contribution in [0.4, 0.5) is 0 Å². The predicted molar refractivity (Wildman–Crippen MR) is 109 cm³/mol. The molecule has 0 saturated carbocycles. The van der Waals surface area contributed by atoms with Gasteiger partial charge in [-0.25, -0.2) is 0 Å². The van der Waals surface area contributed by atoms with Crippen molar-refractivity contribution in [1.82, 2.24) is 10.2 Å². The first-order chi connectivity index (χ1) is 12.6. The molecule has 0 unspecified atom stereocenters. The van der Waals surface area contributed by atoms with Gasteiger partial charge < -0.3 is 15.0 Å². The minimum absolute atomic E-state index is 0.643. The van der Waals surface area contributed by atoms with Gasteiger partial charge in [-0.2, -0.15) is 0 Å². The Morgan fingerprint density at radius 1 is 1.27 bits per heavy atom. The Kier molecular flexibility index (Phi) is 6.20. The summed E-state index contributed by atoms with van der Waals surface area (Å²) in [5.74, 6) is 2.17. The van der Waals surface area contributed by atoms with E-state index in [9.17, 15) is 0 Å². The Bertz CT molecular complexity index is 849. The van der Waals surface area contributed by atoms with Gasteiger partial charge in [0.1, 0.15) is 29.5 Å². The molecular weight excluding hydrogens is 342 g/mol. The van der Waals surface area contributed by atoms with Crippen LogP contribution in [0.1, 0.15) is 36.5 Å². The van der Waals surface area contributed by atoms with Crippen LogP contribution < -0.4 is 19.9 Å². The third-order valence-electron chi connectivity index (χ3n) is 4.69. The van der Waals surface area contributed by atoms with Gasteiger partial charge >= 0.3 is 0 Å². The molecule has 0 amide bonds. The van der Waals surface area contributed by atoms with Crippen LogP contribution in [0.3, 0.4) is 0 Å². The number of fused-ring (bicyclic) bond motifs is 1. The molecule has 140 valence electrons. The maximum absolute atomic E-state index is 6.11. The van der Waals surface area contributed by atoms with Gasteiger partial charge in [0.05, 0.1) is 11.8 Å². The molecule has 1 N–H and O–H groups in total. The summed E-state index contributed by atoms with van der Waals surface area (Å²) >= 11 is 1.69. The molecule has 1 aliphatic rings. The van der Waals surface area contributed by atoms with Crippen molar-refractivity contribution < 1.29 is 4.74 Å². The van der Waals surface area contributed by atoms with Gasteiger partial charge in [-0.1, -0.05) is 25.5 Å². The first kappa shape index (κ1) is 18.8. The predicted octanol–water partition coefficient (Wildman–Crippen LogP) is 2.96. The van der Waals surface area contributed by atoms with Gasteiger partial charge in [0.2, 0.25) is 0 Å². The van der Waals surface area contributed by atoms with Crippen LogP contribution in [0, 0.1) is 13.8 Å². The van der Waals surface area contributed by atoms with Crippen molar-refractivity contribution in [3.63, 3.8) is 0 Å². The van der Waals surface area contributed by atoms with E-state index in [0.717, 1.165) is 29.2 Å². The second kappa shape index (κ2) is 8.58.